The van der Waals surface area contributed by atoms with Gasteiger partial charge in [-0.25, -0.2) is 0 Å². The van der Waals surface area contributed by atoms with Gasteiger partial charge in [-0.3, -0.25) is 10.1 Å². The van der Waals surface area contributed by atoms with Crippen molar-refractivity contribution in [3.63, 3.8) is 0 Å². The molecule has 1 amide bonds. The van der Waals surface area contributed by atoms with E-state index >= 15 is 0 Å². The van der Waals surface area contributed by atoms with E-state index in [0.29, 0.717) is 31.4 Å². The number of aromatic nitrogens is 3. The molecule has 0 aliphatic carbocycles. The van der Waals surface area contributed by atoms with E-state index in [9.17, 15) is 4.79 Å². The van der Waals surface area contributed by atoms with Crippen molar-refractivity contribution in [3.05, 3.63) is 41.7 Å². The van der Waals surface area contributed by atoms with Gasteiger partial charge in [0.05, 0.1) is 13.2 Å². The number of nitrogens with zero attached hydrogens (tertiary/aromatic N) is 3. The molecule has 7 nitrogen and oxygen atoms in total. The van der Waals surface area contributed by atoms with Crippen molar-refractivity contribution in [3.8, 4) is 0 Å². The average molecular weight is 329 g/mol. The molecular weight excluding hydrogens is 306 g/mol. The van der Waals surface area contributed by atoms with Crippen molar-refractivity contribution >= 4 is 17.8 Å². The van der Waals surface area contributed by atoms with Gasteiger partial charge in [-0.15, -0.1) is 0 Å². The molecule has 0 aliphatic heterocycles. The molecule has 0 saturated heterocycles. The van der Waals surface area contributed by atoms with E-state index < -0.39 is 0 Å². The van der Waals surface area contributed by atoms with E-state index in [1.807, 2.05) is 37.3 Å². The first kappa shape index (κ1) is 17.8. The summed E-state index contributed by atoms with van der Waals surface area (Å²) in [5.41, 5.74) is 1.13. The first-order valence-electron chi connectivity index (χ1n) is 7.97. The lowest BCUT2D eigenvalue weighted by Crippen LogP contribution is -2.24. The third-order valence-corrected chi connectivity index (χ3v) is 3.17. The van der Waals surface area contributed by atoms with Gasteiger partial charge in [0.15, 0.2) is 0 Å². The summed E-state index contributed by atoms with van der Waals surface area (Å²) >= 11 is 0. The zero-order valence-electron chi connectivity index (χ0n) is 14.2. The molecule has 0 aliphatic rings. The highest BCUT2D eigenvalue weighted by atomic mass is 16.5. The zero-order valence-corrected chi connectivity index (χ0v) is 14.2. The highest BCUT2D eigenvalue weighted by Gasteiger charge is 2.09. The molecular formula is C17H23N5O2. The number of hydrogen-bond acceptors (Lipinski definition) is 6. The summed E-state index contributed by atoms with van der Waals surface area (Å²) in [6.45, 7) is 6.57. The normalized spacial score (nSPS) is 11.8. The largest absolute Gasteiger partial charge is 0.375 e. The summed E-state index contributed by atoms with van der Waals surface area (Å²) in [5, 5.41) is 5.80. The van der Waals surface area contributed by atoms with E-state index in [2.05, 4.69) is 25.6 Å². The summed E-state index contributed by atoms with van der Waals surface area (Å²) in [7, 11) is 0. The van der Waals surface area contributed by atoms with Gasteiger partial charge in [0.2, 0.25) is 17.8 Å². The Kier molecular flexibility index (Phi) is 6.62. The summed E-state index contributed by atoms with van der Waals surface area (Å²) in [6, 6.07) is 10.0. The number of amides is 1. The summed E-state index contributed by atoms with van der Waals surface area (Å²) in [4.78, 5) is 24.0. The maximum atomic E-state index is 11.5. The number of anilines is 2. The van der Waals surface area contributed by atoms with Gasteiger partial charge >= 0.3 is 0 Å². The fourth-order valence-electron chi connectivity index (χ4n) is 2.01. The Labute approximate surface area is 141 Å². The Hall–Kier alpha value is -2.54. The van der Waals surface area contributed by atoms with Crippen molar-refractivity contribution in [2.45, 2.75) is 39.8 Å². The van der Waals surface area contributed by atoms with Gasteiger partial charge in [-0.1, -0.05) is 37.3 Å². The van der Waals surface area contributed by atoms with Crippen LogP contribution in [-0.4, -0.2) is 33.5 Å². The molecule has 1 unspecified atom stereocenters. The lowest BCUT2D eigenvalue weighted by molar-refractivity contribution is -0.115. The molecule has 1 aromatic heterocycles. The van der Waals surface area contributed by atoms with Crippen LogP contribution in [-0.2, 0) is 16.1 Å². The van der Waals surface area contributed by atoms with Gasteiger partial charge in [0.1, 0.15) is 5.82 Å². The lowest BCUT2D eigenvalue weighted by atomic mass is 10.2. The molecule has 1 atom stereocenters. The fourth-order valence-corrected chi connectivity index (χ4v) is 2.01. The topological polar surface area (TPSA) is 89.0 Å². The fraction of sp³-hybridized carbons (Fsp3) is 0.412. The lowest BCUT2D eigenvalue weighted by Gasteiger charge is -2.15. The number of benzene rings is 1. The van der Waals surface area contributed by atoms with Crippen LogP contribution in [0.25, 0.3) is 0 Å². The molecule has 2 N–H and O–H groups in total. The Bertz CT molecular complexity index is 663. The van der Waals surface area contributed by atoms with Gasteiger partial charge in [-0.05, 0) is 19.4 Å². The van der Waals surface area contributed by atoms with E-state index in [1.54, 1.807) is 13.8 Å². The Morgan fingerprint density at radius 3 is 2.58 bits per heavy atom. The van der Waals surface area contributed by atoms with Crippen LogP contribution in [0.4, 0.5) is 11.9 Å². The summed E-state index contributed by atoms with van der Waals surface area (Å²) < 4.78 is 5.69. The molecule has 0 saturated carbocycles. The molecule has 2 aromatic rings. The predicted molar refractivity (Wildman–Crippen MR) is 92.7 cm³/mol. The molecule has 1 aromatic carbocycles. The minimum Gasteiger partial charge on any atom is -0.375 e. The molecule has 0 radical (unpaired) electrons. The van der Waals surface area contributed by atoms with Crippen LogP contribution >= 0.6 is 0 Å². The molecule has 2 rings (SSSR count). The SMILES string of the molecule is CCC(=O)Nc1nc(C)nc(NC(C)COCc2ccccc2)n1. The monoisotopic (exact) mass is 329 g/mol. The van der Waals surface area contributed by atoms with E-state index in [0.717, 1.165) is 5.56 Å². The predicted octanol–water partition coefficient (Wildman–Crippen LogP) is 2.55. The molecule has 128 valence electrons. The number of rotatable bonds is 8. The standard InChI is InChI=1S/C17H23N5O2/c1-4-15(23)21-17-20-13(3)19-16(22-17)18-12(2)10-24-11-14-8-6-5-7-9-14/h5-9,12H,4,10-11H2,1-3H3,(H2,18,19,20,21,22,23). The molecule has 0 spiro atoms. The Morgan fingerprint density at radius 2 is 1.88 bits per heavy atom. The van der Waals surface area contributed by atoms with Crippen LogP contribution in [0.2, 0.25) is 0 Å². The average Bonchev–Trinajstić information content (AvgIpc) is 2.55. The first-order valence-corrected chi connectivity index (χ1v) is 7.97. The van der Waals surface area contributed by atoms with Crippen molar-refractivity contribution < 1.29 is 9.53 Å². The molecule has 7 heteroatoms. The van der Waals surface area contributed by atoms with Crippen LogP contribution in [0.3, 0.4) is 0 Å². The maximum Gasteiger partial charge on any atom is 0.234 e. The molecule has 0 fully saturated rings. The first-order chi connectivity index (χ1) is 11.6. The number of ether oxygens (including phenoxy) is 1. The van der Waals surface area contributed by atoms with Gasteiger partial charge in [0.25, 0.3) is 0 Å². The van der Waals surface area contributed by atoms with E-state index in [4.69, 9.17) is 4.74 Å². The second-order valence-electron chi connectivity index (χ2n) is 5.48. The minimum atomic E-state index is -0.134. The van der Waals surface area contributed by atoms with E-state index in [1.165, 1.54) is 0 Å². The number of nitrogens with one attached hydrogen (secondary N) is 2. The number of carbonyl (C=O) groups is 1. The number of aryl methyl sites for hydroxylation is 1. The van der Waals surface area contributed by atoms with Crippen molar-refractivity contribution in [2.75, 3.05) is 17.2 Å². The Balaban J connectivity index is 1.86. The minimum absolute atomic E-state index is 0.0187. The third-order valence-electron chi connectivity index (χ3n) is 3.17. The third kappa shape index (κ3) is 5.92. The summed E-state index contributed by atoms with van der Waals surface area (Å²) in [6.07, 6.45) is 0.372. The second kappa shape index (κ2) is 8.93. The van der Waals surface area contributed by atoms with Crippen molar-refractivity contribution in [2.24, 2.45) is 0 Å². The van der Waals surface area contributed by atoms with Crippen LogP contribution in [0.5, 0.6) is 0 Å². The molecule has 0 bridgehead atoms. The summed E-state index contributed by atoms with van der Waals surface area (Å²) in [5.74, 6) is 1.08. The highest BCUT2D eigenvalue weighted by molar-refractivity contribution is 5.88. The van der Waals surface area contributed by atoms with Crippen LogP contribution in [0.15, 0.2) is 30.3 Å². The van der Waals surface area contributed by atoms with Crippen LogP contribution < -0.4 is 10.6 Å². The van der Waals surface area contributed by atoms with Crippen LogP contribution in [0, 0.1) is 6.92 Å². The number of carbonyl (C=O) groups excluding carboxylic acids is 1. The van der Waals surface area contributed by atoms with E-state index in [-0.39, 0.29) is 17.9 Å². The number of hydrogen-bond donors (Lipinski definition) is 2. The van der Waals surface area contributed by atoms with Gasteiger partial charge in [-0.2, -0.15) is 15.0 Å². The smallest absolute Gasteiger partial charge is 0.234 e. The van der Waals surface area contributed by atoms with Gasteiger partial charge in [0, 0.05) is 12.5 Å². The molecule has 24 heavy (non-hydrogen) atoms. The Morgan fingerprint density at radius 1 is 1.17 bits per heavy atom. The highest BCUT2D eigenvalue weighted by Crippen LogP contribution is 2.08. The van der Waals surface area contributed by atoms with Crippen LogP contribution in [0.1, 0.15) is 31.7 Å². The van der Waals surface area contributed by atoms with Crippen molar-refractivity contribution in [1.82, 2.24) is 15.0 Å². The van der Waals surface area contributed by atoms with Crippen molar-refractivity contribution in [1.29, 1.82) is 0 Å². The maximum absolute atomic E-state index is 11.5. The zero-order chi connectivity index (χ0) is 17.4. The van der Waals surface area contributed by atoms with Gasteiger partial charge < -0.3 is 10.1 Å². The molecule has 1 heterocycles. The second-order valence-corrected chi connectivity index (χ2v) is 5.48. The quantitative estimate of drug-likeness (QED) is 0.773.